The van der Waals surface area contributed by atoms with Gasteiger partial charge >= 0.3 is 0 Å². The van der Waals surface area contributed by atoms with Gasteiger partial charge in [0, 0.05) is 5.56 Å². The molecular weight excluding hydrogens is 114 g/mol. The molecule has 0 amide bonds. The van der Waals surface area contributed by atoms with Crippen LogP contribution in [0.2, 0.25) is 0 Å². The van der Waals surface area contributed by atoms with Gasteiger partial charge in [-0.3, -0.25) is 0 Å². The second-order valence-corrected chi connectivity index (χ2v) is 2.04. The lowest BCUT2D eigenvalue weighted by Gasteiger charge is -1.88. The van der Waals surface area contributed by atoms with Crippen molar-refractivity contribution >= 4 is 0 Å². The maximum Gasteiger partial charge on any atom is 0.0896 e. The van der Waals surface area contributed by atoms with Gasteiger partial charge in [-0.25, -0.2) is 4.98 Å². The Labute approximate surface area is 53.5 Å². The molecule has 2 heterocycles. The second kappa shape index (κ2) is 1.81. The number of pyridine rings is 1. The third-order valence-corrected chi connectivity index (χ3v) is 1.43. The number of hydrogen-bond donors (Lipinski definition) is 0. The van der Waals surface area contributed by atoms with Crippen LogP contribution in [0.3, 0.4) is 0 Å². The van der Waals surface area contributed by atoms with Crippen LogP contribution in [0.5, 0.6) is 0 Å². The molecule has 1 radical (unpaired) electrons. The quantitative estimate of drug-likeness (QED) is 0.507. The van der Waals surface area contributed by atoms with Crippen LogP contribution >= 0.6 is 0 Å². The molecule has 1 aromatic heterocycles. The highest BCUT2D eigenvalue weighted by Gasteiger charge is 2.09. The lowest BCUT2D eigenvalue weighted by atomic mass is 10.2. The monoisotopic (exact) mass is 120 g/mol. The Morgan fingerprint density at radius 1 is 1.56 bits per heavy atom. The topological polar surface area (TPSA) is 22.1 Å². The number of hydrogen-bond acceptors (Lipinski definition) is 2. The summed E-state index contributed by atoms with van der Waals surface area (Å²) in [6.07, 6.45) is 2.76. The highest BCUT2D eigenvalue weighted by molar-refractivity contribution is 5.19. The van der Waals surface area contributed by atoms with Crippen molar-refractivity contribution in [3.8, 4) is 0 Å². The van der Waals surface area contributed by atoms with Gasteiger partial charge in [0.15, 0.2) is 0 Å². The zero-order valence-corrected chi connectivity index (χ0v) is 4.92. The smallest absolute Gasteiger partial charge is 0.0896 e. The average Bonchev–Trinajstić information content (AvgIpc) is 2.33. The molecule has 2 heteroatoms. The maximum absolute atomic E-state index is 5.13. The zero-order chi connectivity index (χ0) is 6.10. The van der Waals surface area contributed by atoms with E-state index in [1.165, 1.54) is 5.56 Å². The fraction of sp³-hybridized carbons (Fsp3) is 0.286. The van der Waals surface area contributed by atoms with E-state index >= 15 is 0 Å². The lowest BCUT2D eigenvalue weighted by Crippen LogP contribution is -1.84. The van der Waals surface area contributed by atoms with Crippen LogP contribution in [0.25, 0.3) is 0 Å². The van der Waals surface area contributed by atoms with Crippen LogP contribution < -0.4 is 0 Å². The molecule has 0 bridgehead atoms. The molecule has 1 aliphatic rings. The zero-order valence-electron chi connectivity index (χ0n) is 4.92. The van der Waals surface area contributed by atoms with Crippen molar-refractivity contribution < 1.29 is 4.74 Å². The highest BCUT2D eigenvalue weighted by Crippen LogP contribution is 2.14. The van der Waals surface area contributed by atoms with Crippen molar-refractivity contribution in [1.82, 2.24) is 4.98 Å². The second-order valence-electron chi connectivity index (χ2n) is 2.04. The summed E-state index contributed by atoms with van der Waals surface area (Å²) < 4.78 is 5.13. The number of aromatic nitrogens is 1. The van der Waals surface area contributed by atoms with Gasteiger partial charge in [0.25, 0.3) is 0 Å². The first-order valence-electron chi connectivity index (χ1n) is 2.89. The third kappa shape index (κ3) is 0.715. The lowest BCUT2D eigenvalue weighted by molar-refractivity contribution is 0.133. The minimum absolute atomic E-state index is 0.659. The van der Waals surface area contributed by atoms with E-state index in [4.69, 9.17) is 4.74 Å². The Balaban J connectivity index is 2.54. The summed E-state index contributed by atoms with van der Waals surface area (Å²) in [5.74, 6) is 0. The summed E-state index contributed by atoms with van der Waals surface area (Å²) in [6, 6.07) is 3.81. The molecule has 0 spiro atoms. The summed E-state index contributed by atoms with van der Waals surface area (Å²) >= 11 is 0. The van der Waals surface area contributed by atoms with Crippen LogP contribution in [0.1, 0.15) is 11.3 Å². The fourth-order valence-electron chi connectivity index (χ4n) is 0.935. The van der Waals surface area contributed by atoms with Crippen LogP contribution in [-0.2, 0) is 18.0 Å². The van der Waals surface area contributed by atoms with Crippen molar-refractivity contribution in [1.29, 1.82) is 0 Å². The largest absolute Gasteiger partial charge is 0.370 e. The Bertz CT molecular complexity index is 199. The number of ether oxygens (including phenoxy) is 1. The summed E-state index contributed by atoms with van der Waals surface area (Å²) in [4.78, 5) is 4.01. The molecule has 0 aromatic carbocycles. The summed E-state index contributed by atoms with van der Waals surface area (Å²) in [5.41, 5.74) is 2.24. The van der Waals surface area contributed by atoms with Gasteiger partial charge < -0.3 is 4.74 Å². The Kier molecular flexibility index (Phi) is 0.993. The van der Waals surface area contributed by atoms with E-state index < -0.39 is 0 Å². The molecule has 2 nitrogen and oxygen atoms in total. The predicted molar refractivity (Wildman–Crippen MR) is 31.6 cm³/mol. The minimum atomic E-state index is 0.659. The first-order valence-corrected chi connectivity index (χ1v) is 2.89. The SMILES string of the molecule is [c]1ccc2c(n1)COC2. The molecule has 0 aliphatic carbocycles. The van der Waals surface area contributed by atoms with Crippen molar-refractivity contribution in [2.24, 2.45) is 0 Å². The van der Waals surface area contributed by atoms with E-state index in [0.717, 1.165) is 12.3 Å². The van der Waals surface area contributed by atoms with Gasteiger partial charge in [-0.05, 0) is 6.07 Å². The van der Waals surface area contributed by atoms with Gasteiger partial charge in [0.1, 0.15) is 0 Å². The van der Waals surface area contributed by atoms with Crippen molar-refractivity contribution in [2.75, 3.05) is 0 Å². The van der Waals surface area contributed by atoms with E-state index in [2.05, 4.69) is 11.2 Å². The summed E-state index contributed by atoms with van der Waals surface area (Å²) in [7, 11) is 0. The van der Waals surface area contributed by atoms with Crippen molar-refractivity contribution in [2.45, 2.75) is 13.2 Å². The van der Waals surface area contributed by atoms with Crippen molar-refractivity contribution in [3.05, 3.63) is 29.6 Å². The number of fused-ring (bicyclic) bond motifs is 1. The third-order valence-electron chi connectivity index (χ3n) is 1.43. The molecule has 9 heavy (non-hydrogen) atoms. The van der Waals surface area contributed by atoms with Gasteiger partial charge in [-0.15, -0.1) is 0 Å². The first kappa shape index (κ1) is 4.94. The highest BCUT2D eigenvalue weighted by atomic mass is 16.5. The Morgan fingerprint density at radius 3 is 3.44 bits per heavy atom. The minimum Gasteiger partial charge on any atom is -0.370 e. The van der Waals surface area contributed by atoms with E-state index in [1.54, 1.807) is 0 Å². The van der Waals surface area contributed by atoms with Crippen LogP contribution in [0, 0.1) is 6.20 Å². The first-order chi connectivity index (χ1) is 4.47. The van der Waals surface area contributed by atoms with E-state index in [-0.39, 0.29) is 0 Å². The molecule has 0 N–H and O–H groups in total. The number of rotatable bonds is 0. The molecule has 1 aliphatic heterocycles. The molecule has 0 saturated carbocycles. The molecular formula is C7H6NO. The molecule has 2 rings (SSSR count). The molecule has 0 atom stereocenters. The van der Waals surface area contributed by atoms with Crippen LogP contribution in [-0.4, -0.2) is 4.98 Å². The van der Waals surface area contributed by atoms with E-state index in [0.29, 0.717) is 6.61 Å². The van der Waals surface area contributed by atoms with Gasteiger partial charge in [0.2, 0.25) is 0 Å². The van der Waals surface area contributed by atoms with E-state index in [1.807, 2.05) is 12.1 Å². The van der Waals surface area contributed by atoms with Gasteiger partial charge in [0.05, 0.1) is 25.1 Å². The summed E-state index contributed by atoms with van der Waals surface area (Å²) in [5, 5.41) is 0. The molecule has 0 fully saturated rings. The number of nitrogens with zero attached hydrogens (tertiary/aromatic N) is 1. The average molecular weight is 120 g/mol. The maximum atomic E-state index is 5.13. The molecule has 0 unspecified atom stereocenters. The summed E-state index contributed by atoms with van der Waals surface area (Å²) in [6.45, 7) is 1.38. The van der Waals surface area contributed by atoms with Crippen molar-refractivity contribution in [3.63, 3.8) is 0 Å². The Hall–Kier alpha value is -0.890. The fourth-order valence-corrected chi connectivity index (χ4v) is 0.935. The van der Waals surface area contributed by atoms with Crippen LogP contribution in [0.15, 0.2) is 12.1 Å². The normalized spacial score (nSPS) is 15.6. The molecule has 0 saturated heterocycles. The predicted octanol–water partition coefficient (Wildman–Crippen LogP) is 0.912. The van der Waals surface area contributed by atoms with E-state index in [9.17, 15) is 0 Å². The van der Waals surface area contributed by atoms with Gasteiger partial charge in [-0.1, -0.05) is 6.07 Å². The Morgan fingerprint density at radius 2 is 2.56 bits per heavy atom. The molecule has 45 valence electrons. The molecule has 1 aromatic rings. The van der Waals surface area contributed by atoms with Crippen LogP contribution in [0.4, 0.5) is 0 Å². The standard InChI is InChI=1S/C7H6NO/c1-2-6-4-9-5-7(6)8-3-1/h1-2H,4-5H2. The van der Waals surface area contributed by atoms with Gasteiger partial charge in [-0.2, -0.15) is 0 Å².